The second kappa shape index (κ2) is 8.89. The Morgan fingerprint density at radius 2 is 1.72 bits per heavy atom. The summed E-state index contributed by atoms with van der Waals surface area (Å²) in [5.41, 5.74) is 4.79. The molecule has 2 aromatic carbocycles. The molecule has 1 amide bonds. The number of halogens is 2. The van der Waals surface area contributed by atoms with Gasteiger partial charge in [-0.1, -0.05) is 47.5 Å². The van der Waals surface area contributed by atoms with Crippen LogP contribution in [0.3, 0.4) is 0 Å². The minimum atomic E-state index is -0.177. The van der Waals surface area contributed by atoms with Gasteiger partial charge in [0.05, 0.1) is 17.3 Å². The van der Waals surface area contributed by atoms with Gasteiger partial charge >= 0.3 is 0 Å². The number of carbonyl (C=O) groups excluding carboxylic acids is 1. The van der Waals surface area contributed by atoms with Gasteiger partial charge in [0.15, 0.2) is 0 Å². The monoisotopic (exact) mass is 461 g/mol. The van der Waals surface area contributed by atoms with Crippen LogP contribution in [-0.2, 0) is 0 Å². The average Bonchev–Trinajstić information content (AvgIpc) is 3.22. The third-order valence-corrected chi connectivity index (χ3v) is 6.54. The maximum Gasteiger partial charge on any atom is 0.276 e. The Kier molecular flexibility index (Phi) is 5.81. The summed E-state index contributed by atoms with van der Waals surface area (Å²) in [6, 6.07) is 18.9. The maximum atomic E-state index is 13.5. The molecule has 1 aliphatic heterocycles. The molecule has 5 rings (SSSR count). The summed E-state index contributed by atoms with van der Waals surface area (Å²) in [5.74, 6) is -0.0186. The molecule has 4 nitrogen and oxygen atoms in total. The summed E-state index contributed by atoms with van der Waals surface area (Å²) in [6.07, 6.45) is 8.37. The molecule has 2 heterocycles. The molecule has 1 aromatic heterocycles. The molecule has 0 N–H and O–H groups in total. The molecule has 160 valence electrons. The number of hydrazone groups is 1. The largest absolute Gasteiger partial charge is 0.276 e. The number of amides is 1. The van der Waals surface area contributed by atoms with Crippen LogP contribution in [0.25, 0.3) is 6.08 Å². The molecular formula is C26H21Cl2N3O. The number of allylic oxidation sites excluding steroid dienone is 1. The first-order chi connectivity index (χ1) is 15.6. The number of rotatable bonds is 3. The van der Waals surface area contributed by atoms with Gasteiger partial charge in [0.25, 0.3) is 5.91 Å². The smallest absolute Gasteiger partial charge is 0.267 e. The number of fused-ring (bicyclic) bond motifs is 1. The molecule has 32 heavy (non-hydrogen) atoms. The lowest BCUT2D eigenvalue weighted by Crippen LogP contribution is -2.32. The van der Waals surface area contributed by atoms with Crippen LogP contribution in [0, 0.1) is 5.92 Å². The van der Waals surface area contributed by atoms with E-state index in [0.717, 1.165) is 36.1 Å². The second-order valence-electron chi connectivity index (χ2n) is 8.09. The number of pyridine rings is 1. The first kappa shape index (κ1) is 20.9. The van der Waals surface area contributed by atoms with E-state index >= 15 is 0 Å². The molecule has 0 bridgehead atoms. The lowest BCUT2D eigenvalue weighted by molar-refractivity contribution is 0.0680. The summed E-state index contributed by atoms with van der Waals surface area (Å²) in [6.45, 7) is 0. The van der Waals surface area contributed by atoms with Crippen LogP contribution in [0.5, 0.6) is 0 Å². The van der Waals surface area contributed by atoms with Crippen molar-refractivity contribution >= 4 is 40.9 Å². The van der Waals surface area contributed by atoms with Crippen molar-refractivity contribution in [2.75, 3.05) is 0 Å². The summed E-state index contributed by atoms with van der Waals surface area (Å²) >= 11 is 12.2. The predicted octanol–water partition coefficient (Wildman–Crippen LogP) is 6.83. The standard InChI is InChI=1S/C26H21Cl2N3O/c27-21-10-6-17(7-11-21)15-19-3-1-5-23-24(19)30-31(26(32)20-4-2-14-29-16-20)25(23)18-8-12-22(28)13-9-18/h2,4,6-16,23,25H,1,3,5H2/b19-15+/t23-,25-/m0/s1. The summed E-state index contributed by atoms with van der Waals surface area (Å²) in [7, 11) is 0. The van der Waals surface area contributed by atoms with Crippen LogP contribution in [0.1, 0.15) is 46.8 Å². The van der Waals surface area contributed by atoms with E-state index in [1.165, 1.54) is 5.57 Å². The number of hydrogen-bond acceptors (Lipinski definition) is 3. The molecule has 0 saturated heterocycles. The van der Waals surface area contributed by atoms with Gasteiger partial charge in [-0.15, -0.1) is 0 Å². The Bertz CT molecular complexity index is 1190. The highest BCUT2D eigenvalue weighted by atomic mass is 35.5. The molecule has 1 fully saturated rings. The highest BCUT2D eigenvalue weighted by Crippen LogP contribution is 2.45. The Balaban J connectivity index is 1.57. The highest BCUT2D eigenvalue weighted by molar-refractivity contribution is 6.30. The molecule has 2 aliphatic rings. The van der Waals surface area contributed by atoms with Crippen molar-refractivity contribution in [3.63, 3.8) is 0 Å². The van der Waals surface area contributed by atoms with E-state index in [2.05, 4.69) is 11.1 Å². The molecule has 1 aliphatic carbocycles. The summed E-state index contributed by atoms with van der Waals surface area (Å²) < 4.78 is 0. The normalized spacial score (nSPS) is 21.4. The van der Waals surface area contributed by atoms with E-state index < -0.39 is 0 Å². The Morgan fingerprint density at radius 3 is 2.41 bits per heavy atom. The van der Waals surface area contributed by atoms with Crippen LogP contribution in [-0.4, -0.2) is 21.6 Å². The van der Waals surface area contributed by atoms with E-state index in [1.807, 2.05) is 48.5 Å². The van der Waals surface area contributed by atoms with Gasteiger partial charge in [0, 0.05) is 28.4 Å². The summed E-state index contributed by atoms with van der Waals surface area (Å²) in [4.78, 5) is 17.6. The van der Waals surface area contributed by atoms with Gasteiger partial charge in [-0.05, 0) is 78.4 Å². The Hall–Kier alpha value is -2.95. The lowest BCUT2D eigenvalue weighted by atomic mass is 9.77. The number of hydrogen-bond donors (Lipinski definition) is 0. The maximum absolute atomic E-state index is 13.5. The van der Waals surface area contributed by atoms with Crippen LogP contribution >= 0.6 is 23.2 Å². The van der Waals surface area contributed by atoms with E-state index in [4.69, 9.17) is 28.3 Å². The fourth-order valence-corrected chi connectivity index (χ4v) is 4.79. The summed E-state index contributed by atoms with van der Waals surface area (Å²) in [5, 5.41) is 7.93. The van der Waals surface area contributed by atoms with Crippen molar-refractivity contribution in [1.82, 2.24) is 9.99 Å². The topological polar surface area (TPSA) is 45.6 Å². The van der Waals surface area contributed by atoms with Crippen LogP contribution in [0.4, 0.5) is 0 Å². The third-order valence-electron chi connectivity index (χ3n) is 6.04. The molecule has 0 spiro atoms. The number of nitrogens with zero attached hydrogens (tertiary/aromatic N) is 3. The third kappa shape index (κ3) is 4.08. The molecule has 6 heteroatoms. The van der Waals surface area contributed by atoms with Crippen molar-refractivity contribution in [2.45, 2.75) is 25.3 Å². The zero-order chi connectivity index (χ0) is 22.1. The SMILES string of the molecule is O=C(c1cccnc1)N1N=C2/C(=C/c3ccc(Cl)cc3)CCC[C@@H]2[C@@H]1c1ccc(Cl)cc1. The van der Waals surface area contributed by atoms with Gasteiger partial charge in [0.2, 0.25) is 0 Å². The highest BCUT2D eigenvalue weighted by Gasteiger charge is 2.43. The van der Waals surface area contributed by atoms with Crippen LogP contribution < -0.4 is 0 Å². The molecular weight excluding hydrogens is 441 g/mol. The van der Waals surface area contributed by atoms with Crippen molar-refractivity contribution < 1.29 is 4.79 Å². The van der Waals surface area contributed by atoms with E-state index in [-0.39, 0.29) is 17.9 Å². The molecule has 3 aromatic rings. The molecule has 1 saturated carbocycles. The average molecular weight is 462 g/mol. The first-order valence-electron chi connectivity index (χ1n) is 10.6. The van der Waals surface area contributed by atoms with E-state index in [9.17, 15) is 4.79 Å². The lowest BCUT2D eigenvalue weighted by Gasteiger charge is -2.29. The van der Waals surface area contributed by atoms with Crippen LogP contribution in [0.15, 0.2) is 83.7 Å². The van der Waals surface area contributed by atoms with Crippen molar-refractivity contribution in [2.24, 2.45) is 11.0 Å². The minimum Gasteiger partial charge on any atom is -0.267 e. The molecule has 2 atom stereocenters. The van der Waals surface area contributed by atoms with Crippen molar-refractivity contribution in [3.8, 4) is 0 Å². The van der Waals surface area contributed by atoms with Gasteiger partial charge in [-0.3, -0.25) is 9.78 Å². The van der Waals surface area contributed by atoms with Gasteiger partial charge < -0.3 is 0 Å². The zero-order valence-electron chi connectivity index (χ0n) is 17.3. The Labute approximate surface area is 197 Å². The fourth-order valence-electron chi connectivity index (χ4n) is 4.54. The quantitative estimate of drug-likeness (QED) is 0.429. The Morgan fingerprint density at radius 1 is 1.00 bits per heavy atom. The number of benzene rings is 2. The molecule has 0 unspecified atom stereocenters. The zero-order valence-corrected chi connectivity index (χ0v) is 18.8. The second-order valence-corrected chi connectivity index (χ2v) is 8.97. The number of aromatic nitrogens is 1. The first-order valence-corrected chi connectivity index (χ1v) is 11.4. The van der Waals surface area contributed by atoms with Crippen LogP contribution in [0.2, 0.25) is 10.0 Å². The van der Waals surface area contributed by atoms with Gasteiger partial charge in [0.1, 0.15) is 0 Å². The predicted molar refractivity (Wildman–Crippen MR) is 129 cm³/mol. The van der Waals surface area contributed by atoms with E-state index in [0.29, 0.717) is 15.6 Å². The van der Waals surface area contributed by atoms with Gasteiger partial charge in [-0.25, -0.2) is 5.01 Å². The fraction of sp³-hybridized carbons (Fsp3) is 0.192. The van der Waals surface area contributed by atoms with Gasteiger partial charge in [-0.2, -0.15) is 5.10 Å². The van der Waals surface area contributed by atoms with Crippen molar-refractivity contribution in [1.29, 1.82) is 0 Å². The number of carbonyl (C=O) groups is 1. The molecule has 0 radical (unpaired) electrons. The van der Waals surface area contributed by atoms with E-state index in [1.54, 1.807) is 29.5 Å². The van der Waals surface area contributed by atoms with Crippen molar-refractivity contribution in [3.05, 3.63) is 105 Å². The minimum absolute atomic E-state index is 0.129.